The third-order valence-corrected chi connectivity index (χ3v) is 1.77. The van der Waals surface area contributed by atoms with Gasteiger partial charge in [0.15, 0.2) is 11.9 Å². The molecule has 5 heteroatoms. The summed E-state index contributed by atoms with van der Waals surface area (Å²) in [6.45, 7) is -0.331. The fourth-order valence-corrected chi connectivity index (χ4v) is 1.05. The van der Waals surface area contributed by atoms with E-state index in [1.165, 1.54) is 6.20 Å². The number of aromatic nitrogens is 1. The second-order valence-corrected chi connectivity index (χ2v) is 3.04. The fourth-order valence-electron chi connectivity index (χ4n) is 0.899. The van der Waals surface area contributed by atoms with Crippen LogP contribution in [0, 0.1) is 10.6 Å². The molecule has 0 aliphatic carbocycles. The molecule has 0 unspecified atom stereocenters. The van der Waals surface area contributed by atoms with Crippen LogP contribution in [0.2, 0.25) is 5.02 Å². The topological polar surface area (TPSA) is 71.0 Å². The van der Waals surface area contributed by atoms with E-state index in [1.54, 1.807) is 12.1 Å². The lowest BCUT2D eigenvalue weighted by Gasteiger charge is -2.03. The van der Waals surface area contributed by atoms with E-state index >= 15 is 0 Å². The number of hydrogen-bond acceptors (Lipinski definition) is 3. The summed E-state index contributed by atoms with van der Waals surface area (Å²) in [4.78, 5) is 0. The van der Waals surface area contributed by atoms with Crippen molar-refractivity contribution in [1.82, 2.24) is 0 Å². The summed E-state index contributed by atoms with van der Waals surface area (Å²) in [5.41, 5.74) is 0.510. The highest BCUT2D eigenvalue weighted by Crippen LogP contribution is 2.05. The molecule has 2 N–H and O–H groups in total. The first kappa shape index (κ1) is 9.95. The van der Waals surface area contributed by atoms with Crippen molar-refractivity contribution in [2.75, 3.05) is 6.61 Å². The Hall–Kier alpha value is -1.13. The van der Waals surface area contributed by atoms with Gasteiger partial charge in [-0.25, -0.2) is 0 Å². The van der Waals surface area contributed by atoms with Crippen molar-refractivity contribution in [2.45, 2.75) is 6.42 Å². The van der Waals surface area contributed by atoms with Crippen LogP contribution in [0.4, 0.5) is 0 Å². The molecule has 0 saturated carbocycles. The van der Waals surface area contributed by atoms with Crippen LogP contribution in [-0.2, 0) is 6.42 Å². The van der Waals surface area contributed by atoms with Crippen LogP contribution >= 0.6 is 11.6 Å². The molecular weight excluding hydrogens is 192 g/mol. The van der Waals surface area contributed by atoms with Crippen molar-refractivity contribution in [3.05, 3.63) is 34.3 Å². The van der Waals surface area contributed by atoms with Gasteiger partial charge in [0, 0.05) is 11.8 Å². The van der Waals surface area contributed by atoms with E-state index in [0.29, 0.717) is 15.4 Å². The molecule has 0 aliphatic heterocycles. The van der Waals surface area contributed by atoms with Gasteiger partial charge < -0.3 is 15.7 Å². The van der Waals surface area contributed by atoms with Crippen LogP contribution in [0.1, 0.15) is 5.69 Å². The van der Waals surface area contributed by atoms with E-state index < -0.39 is 0 Å². The Morgan fingerprint density at radius 3 is 2.85 bits per heavy atom. The summed E-state index contributed by atoms with van der Waals surface area (Å²) in [6, 6.07) is 3.12. The molecule has 0 atom stereocenters. The number of pyridine rings is 1. The Morgan fingerprint density at radius 1 is 1.62 bits per heavy atom. The van der Waals surface area contributed by atoms with E-state index in [4.69, 9.17) is 22.1 Å². The molecule has 0 aromatic carbocycles. The maximum Gasteiger partial charge on any atom is 0.199 e. The predicted molar refractivity (Wildman–Crippen MR) is 48.9 cm³/mol. The molecule has 0 radical (unpaired) electrons. The second kappa shape index (κ2) is 4.20. The molecule has 0 amide bonds. The molecule has 0 saturated heterocycles. The minimum Gasteiger partial charge on any atom is -0.618 e. The molecule has 1 rings (SSSR count). The van der Waals surface area contributed by atoms with Gasteiger partial charge in [-0.05, 0) is 6.07 Å². The molecule has 1 aromatic rings. The lowest BCUT2D eigenvalue weighted by atomic mass is 10.2. The minimum absolute atomic E-state index is 0.104. The van der Waals surface area contributed by atoms with Gasteiger partial charge in [0.25, 0.3) is 0 Å². The summed E-state index contributed by atoms with van der Waals surface area (Å²) in [5.74, 6) is 0. The van der Waals surface area contributed by atoms with Crippen LogP contribution in [0.5, 0.6) is 0 Å². The normalized spacial score (nSPS) is 10.0. The summed E-state index contributed by atoms with van der Waals surface area (Å²) in [6.07, 6.45) is 1.37. The zero-order valence-electron chi connectivity index (χ0n) is 6.83. The number of rotatable bonds is 3. The number of nitrogens with one attached hydrogen (secondary N) is 1. The SMILES string of the molecule is N=C(CO)Cc1ccc(Cl)c[n+]1[O-]. The number of halogens is 1. The smallest absolute Gasteiger partial charge is 0.199 e. The van der Waals surface area contributed by atoms with Gasteiger partial charge in [-0.15, -0.1) is 0 Å². The number of nitrogens with zero attached hydrogens (tertiary/aromatic N) is 1. The van der Waals surface area contributed by atoms with Crippen molar-refractivity contribution in [3.8, 4) is 0 Å². The maximum absolute atomic E-state index is 11.1. The summed E-state index contributed by atoms with van der Waals surface area (Å²) in [5, 5.41) is 27.3. The van der Waals surface area contributed by atoms with Crippen LogP contribution in [0.3, 0.4) is 0 Å². The van der Waals surface area contributed by atoms with E-state index in [-0.39, 0.29) is 18.7 Å². The number of aliphatic hydroxyl groups excluding tert-OH is 1. The van der Waals surface area contributed by atoms with E-state index in [9.17, 15) is 5.21 Å². The Labute approximate surface area is 80.5 Å². The Balaban J connectivity index is 2.83. The molecule has 13 heavy (non-hydrogen) atoms. The first-order valence-corrected chi connectivity index (χ1v) is 4.06. The monoisotopic (exact) mass is 200 g/mol. The van der Waals surface area contributed by atoms with E-state index in [1.807, 2.05) is 0 Å². The lowest BCUT2D eigenvalue weighted by Crippen LogP contribution is -2.32. The van der Waals surface area contributed by atoms with Crippen LogP contribution in [-0.4, -0.2) is 17.4 Å². The average molecular weight is 201 g/mol. The highest BCUT2D eigenvalue weighted by molar-refractivity contribution is 6.30. The zero-order valence-corrected chi connectivity index (χ0v) is 7.58. The molecule has 4 nitrogen and oxygen atoms in total. The molecular formula is C8H9ClN2O2. The van der Waals surface area contributed by atoms with Gasteiger partial charge in [0.2, 0.25) is 0 Å². The molecule has 1 aromatic heterocycles. The largest absolute Gasteiger partial charge is 0.618 e. The van der Waals surface area contributed by atoms with Gasteiger partial charge >= 0.3 is 0 Å². The summed E-state index contributed by atoms with van der Waals surface area (Å²) < 4.78 is 0.604. The van der Waals surface area contributed by atoms with Gasteiger partial charge in [-0.1, -0.05) is 11.6 Å². The van der Waals surface area contributed by atoms with Crippen molar-refractivity contribution in [2.24, 2.45) is 0 Å². The molecule has 0 fully saturated rings. The van der Waals surface area contributed by atoms with Gasteiger partial charge in [-0.2, -0.15) is 4.73 Å². The number of aliphatic hydroxyl groups is 1. The minimum atomic E-state index is -0.331. The highest BCUT2D eigenvalue weighted by Gasteiger charge is 2.07. The highest BCUT2D eigenvalue weighted by atomic mass is 35.5. The van der Waals surface area contributed by atoms with Crippen molar-refractivity contribution < 1.29 is 9.84 Å². The molecule has 0 bridgehead atoms. The van der Waals surface area contributed by atoms with E-state index in [0.717, 1.165) is 0 Å². The van der Waals surface area contributed by atoms with Crippen molar-refractivity contribution >= 4 is 17.3 Å². The summed E-state index contributed by atoms with van der Waals surface area (Å²) >= 11 is 5.56. The Kier molecular flexibility index (Phi) is 3.22. The quantitative estimate of drug-likeness (QED) is 0.425. The zero-order chi connectivity index (χ0) is 9.84. The molecule has 0 aliphatic rings. The average Bonchev–Trinajstić information content (AvgIpc) is 2.09. The van der Waals surface area contributed by atoms with Crippen LogP contribution in [0.15, 0.2) is 18.3 Å². The van der Waals surface area contributed by atoms with Gasteiger partial charge in [0.1, 0.15) is 5.02 Å². The van der Waals surface area contributed by atoms with Crippen LogP contribution in [0.25, 0.3) is 0 Å². The third-order valence-electron chi connectivity index (χ3n) is 1.54. The van der Waals surface area contributed by atoms with Crippen LogP contribution < -0.4 is 4.73 Å². The molecule has 0 spiro atoms. The Morgan fingerprint density at radius 2 is 2.31 bits per heavy atom. The molecule has 1 heterocycles. The second-order valence-electron chi connectivity index (χ2n) is 2.60. The predicted octanol–water partition coefficient (Wildman–Crippen LogP) is 0.528. The van der Waals surface area contributed by atoms with Crippen molar-refractivity contribution in [3.63, 3.8) is 0 Å². The Bertz CT molecular complexity index is 328. The maximum atomic E-state index is 11.1. The first-order chi connectivity index (χ1) is 6.13. The lowest BCUT2D eigenvalue weighted by molar-refractivity contribution is -0.613. The summed E-state index contributed by atoms with van der Waals surface area (Å²) in [7, 11) is 0. The standard InChI is InChI=1S/C8H9ClN2O2/c9-6-1-2-8(11(13)4-6)3-7(10)5-12/h1-2,4,10,12H,3,5H2. The van der Waals surface area contributed by atoms with E-state index in [2.05, 4.69) is 0 Å². The third kappa shape index (κ3) is 2.68. The van der Waals surface area contributed by atoms with Gasteiger partial charge in [0.05, 0.1) is 13.0 Å². The van der Waals surface area contributed by atoms with Gasteiger partial charge in [-0.3, -0.25) is 0 Å². The van der Waals surface area contributed by atoms with Crippen molar-refractivity contribution in [1.29, 1.82) is 5.41 Å². The fraction of sp³-hybridized carbons (Fsp3) is 0.250. The number of hydrogen-bond donors (Lipinski definition) is 2. The molecule has 70 valence electrons. The first-order valence-electron chi connectivity index (χ1n) is 3.68.